The molecule has 0 spiro atoms. The molecule has 0 aromatic carbocycles. The number of hydrazine groups is 1. The largest absolute Gasteiger partial charge is 0.477 e. The number of nitrogens with two attached hydrogens (primary N) is 1. The van der Waals surface area contributed by atoms with E-state index in [1.807, 2.05) is 6.92 Å². The molecule has 0 fully saturated rings. The third kappa shape index (κ3) is 2.92. The summed E-state index contributed by atoms with van der Waals surface area (Å²) in [7, 11) is 0. The Morgan fingerprint density at radius 1 is 1.60 bits per heavy atom. The van der Waals surface area contributed by atoms with Gasteiger partial charge in [-0.25, -0.2) is 15.8 Å². The number of hydrogen-bond acceptors (Lipinski definition) is 5. The number of anilines is 1. The van der Waals surface area contributed by atoms with Crippen molar-refractivity contribution in [2.24, 2.45) is 5.84 Å². The van der Waals surface area contributed by atoms with Crippen LogP contribution in [0.3, 0.4) is 0 Å². The van der Waals surface area contributed by atoms with E-state index in [9.17, 15) is 0 Å². The summed E-state index contributed by atoms with van der Waals surface area (Å²) < 4.78 is 5.49. The molecule has 82 valence electrons. The Hall–Kier alpha value is -1.62. The van der Waals surface area contributed by atoms with Crippen LogP contribution in [0.4, 0.5) is 5.82 Å². The van der Waals surface area contributed by atoms with Gasteiger partial charge in [-0.15, -0.1) is 6.58 Å². The van der Waals surface area contributed by atoms with Crippen molar-refractivity contribution in [3.05, 3.63) is 24.5 Å². The number of aromatic nitrogens is 2. The van der Waals surface area contributed by atoms with Crippen molar-refractivity contribution in [2.45, 2.75) is 19.8 Å². The average Bonchev–Trinajstić information content (AvgIpc) is 2.29. The number of ether oxygens (including phenoxy) is 1. The molecular weight excluding hydrogens is 192 g/mol. The predicted molar refractivity (Wildman–Crippen MR) is 59.5 cm³/mol. The molecule has 0 unspecified atom stereocenters. The summed E-state index contributed by atoms with van der Waals surface area (Å²) in [4.78, 5) is 8.08. The minimum absolute atomic E-state index is 0.567. The van der Waals surface area contributed by atoms with Gasteiger partial charge in [0.2, 0.25) is 5.88 Å². The highest BCUT2D eigenvalue weighted by Crippen LogP contribution is 2.21. The molecule has 5 nitrogen and oxygen atoms in total. The molecule has 0 bridgehead atoms. The molecule has 1 heterocycles. The molecule has 0 aliphatic carbocycles. The quantitative estimate of drug-likeness (QED) is 0.319. The van der Waals surface area contributed by atoms with Crippen LogP contribution in [0.2, 0.25) is 0 Å². The molecule has 5 heteroatoms. The molecule has 0 saturated heterocycles. The Balaban J connectivity index is 2.81. The average molecular weight is 208 g/mol. The van der Waals surface area contributed by atoms with Gasteiger partial charge in [-0.2, -0.15) is 0 Å². The van der Waals surface area contributed by atoms with E-state index in [0.717, 1.165) is 18.4 Å². The van der Waals surface area contributed by atoms with Crippen molar-refractivity contribution >= 4 is 5.82 Å². The molecule has 1 aromatic rings. The summed E-state index contributed by atoms with van der Waals surface area (Å²) in [6, 6.07) is 0. The van der Waals surface area contributed by atoms with Gasteiger partial charge >= 0.3 is 0 Å². The second kappa shape index (κ2) is 5.98. The maximum absolute atomic E-state index is 5.49. The van der Waals surface area contributed by atoms with Gasteiger partial charge < -0.3 is 10.2 Å². The fraction of sp³-hybridized carbons (Fsp3) is 0.400. The van der Waals surface area contributed by atoms with E-state index in [2.05, 4.69) is 22.0 Å². The first-order chi connectivity index (χ1) is 7.33. The molecule has 1 rings (SSSR count). The van der Waals surface area contributed by atoms with E-state index >= 15 is 0 Å². The molecule has 0 aliphatic heterocycles. The maximum atomic E-state index is 5.49. The first-order valence-electron chi connectivity index (χ1n) is 4.87. The normalized spacial score (nSPS) is 9.73. The Labute approximate surface area is 89.3 Å². The van der Waals surface area contributed by atoms with Crippen molar-refractivity contribution in [2.75, 3.05) is 12.0 Å². The van der Waals surface area contributed by atoms with Gasteiger partial charge in [0.05, 0.1) is 12.2 Å². The maximum Gasteiger partial charge on any atom is 0.221 e. The molecule has 15 heavy (non-hydrogen) atoms. The fourth-order valence-electron chi connectivity index (χ4n) is 1.20. The van der Waals surface area contributed by atoms with Gasteiger partial charge in [-0.3, -0.25) is 0 Å². The van der Waals surface area contributed by atoms with Crippen LogP contribution < -0.4 is 16.0 Å². The standard InChI is InChI=1S/C10H16N4O/c1-3-5-6-15-10-8(4-2)9(14-11)12-7-13-10/h3,7H,1,4-6,11H2,2H3,(H,12,13,14). The molecule has 0 aliphatic rings. The van der Waals surface area contributed by atoms with E-state index in [4.69, 9.17) is 10.6 Å². The highest BCUT2D eigenvalue weighted by atomic mass is 16.5. The van der Waals surface area contributed by atoms with Crippen LogP contribution in [0.5, 0.6) is 5.88 Å². The zero-order valence-electron chi connectivity index (χ0n) is 8.86. The summed E-state index contributed by atoms with van der Waals surface area (Å²) in [5, 5.41) is 0. The lowest BCUT2D eigenvalue weighted by Gasteiger charge is -2.10. The Kier molecular flexibility index (Phi) is 4.56. The molecule has 0 atom stereocenters. The third-order valence-corrected chi connectivity index (χ3v) is 1.96. The van der Waals surface area contributed by atoms with Gasteiger partial charge in [-0.1, -0.05) is 13.0 Å². The van der Waals surface area contributed by atoms with Crippen molar-refractivity contribution in [1.82, 2.24) is 9.97 Å². The zero-order chi connectivity index (χ0) is 11.1. The SMILES string of the molecule is C=CCCOc1ncnc(NN)c1CC. The first kappa shape index (κ1) is 11.5. The first-order valence-corrected chi connectivity index (χ1v) is 4.87. The van der Waals surface area contributed by atoms with Crippen molar-refractivity contribution in [3.63, 3.8) is 0 Å². The fourth-order valence-corrected chi connectivity index (χ4v) is 1.20. The number of nitrogen functional groups attached to an aromatic ring is 1. The third-order valence-electron chi connectivity index (χ3n) is 1.96. The van der Waals surface area contributed by atoms with Gasteiger partial charge in [-0.05, 0) is 12.8 Å². The summed E-state index contributed by atoms with van der Waals surface area (Å²) in [5.74, 6) is 6.54. The van der Waals surface area contributed by atoms with Gasteiger partial charge in [0.1, 0.15) is 12.1 Å². The predicted octanol–water partition coefficient (Wildman–Crippen LogP) is 1.28. The van der Waals surface area contributed by atoms with E-state index in [1.165, 1.54) is 6.33 Å². The van der Waals surface area contributed by atoms with Gasteiger partial charge in [0.25, 0.3) is 0 Å². The summed E-state index contributed by atoms with van der Waals surface area (Å²) in [6.07, 6.45) is 4.79. The molecule has 1 aromatic heterocycles. The van der Waals surface area contributed by atoms with Gasteiger partial charge in [0, 0.05) is 0 Å². The van der Waals surface area contributed by atoms with Crippen LogP contribution in [-0.2, 0) is 6.42 Å². The minimum atomic E-state index is 0.567. The lowest BCUT2D eigenvalue weighted by molar-refractivity contribution is 0.308. The number of nitrogens with zero attached hydrogens (tertiary/aromatic N) is 2. The van der Waals surface area contributed by atoms with E-state index < -0.39 is 0 Å². The number of hydrogen-bond donors (Lipinski definition) is 2. The molecule has 0 amide bonds. The molecule has 0 radical (unpaired) electrons. The van der Waals surface area contributed by atoms with E-state index in [-0.39, 0.29) is 0 Å². The second-order valence-electron chi connectivity index (χ2n) is 2.93. The lowest BCUT2D eigenvalue weighted by atomic mass is 10.2. The van der Waals surface area contributed by atoms with Crippen LogP contribution in [0.1, 0.15) is 18.9 Å². The summed E-state index contributed by atoms with van der Waals surface area (Å²) in [6.45, 7) is 6.19. The zero-order valence-corrected chi connectivity index (χ0v) is 8.86. The van der Waals surface area contributed by atoms with Crippen LogP contribution in [0.25, 0.3) is 0 Å². The Bertz CT molecular complexity index is 327. The topological polar surface area (TPSA) is 73.1 Å². The molecular formula is C10H16N4O. The number of rotatable bonds is 6. The highest BCUT2D eigenvalue weighted by molar-refractivity contribution is 5.47. The monoisotopic (exact) mass is 208 g/mol. The van der Waals surface area contributed by atoms with Crippen LogP contribution >= 0.6 is 0 Å². The Morgan fingerprint density at radius 3 is 3.00 bits per heavy atom. The summed E-state index contributed by atoms with van der Waals surface area (Å²) in [5.41, 5.74) is 3.42. The Morgan fingerprint density at radius 2 is 2.40 bits per heavy atom. The van der Waals surface area contributed by atoms with Crippen LogP contribution in [-0.4, -0.2) is 16.6 Å². The minimum Gasteiger partial charge on any atom is -0.477 e. The van der Waals surface area contributed by atoms with Crippen LogP contribution in [0, 0.1) is 0 Å². The molecule has 3 N–H and O–H groups in total. The van der Waals surface area contributed by atoms with Gasteiger partial charge in [0.15, 0.2) is 0 Å². The van der Waals surface area contributed by atoms with E-state index in [0.29, 0.717) is 18.3 Å². The van der Waals surface area contributed by atoms with Crippen molar-refractivity contribution < 1.29 is 4.74 Å². The van der Waals surface area contributed by atoms with E-state index in [1.54, 1.807) is 6.08 Å². The number of nitrogens with one attached hydrogen (secondary N) is 1. The van der Waals surface area contributed by atoms with Crippen molar-refractivity contribution in [1.29, 1.82) is 0 Å². The smallest absolute Gasteiger partial charge is 0.221 e. The summed E-state index contributed by atoms with van der Waals surface area (Å²) >= 11 is 0. The molecule has 0 saturated carbocycles. The second-order valence-corrected chi connectivity index (χ2v) is 2.93. The highest BCUT2D eigenvalue weighted by Gasteiger charge is 2.09. The van der Waals surface area contributed by atoms with Crippen molar-refractivity contribution in [3.8, 4) is 5.88 Å². The lowest BCUT2D eigenvalue weighted by Crippen LogP contribution is -2.13. The van der Waals surface area contributed by atoms with Crippen LogP contribution in [0.15, 0.2) is 19.0 Å².